The van der Waals surface area contributed by atoms with E-state index in [-0.39, 0.29) is 0 Å². The molecular weight excluding hydrogens is 150 g/mol. The molecule has 0 amide bonds. The molecule has 0 radical (unpaired) electrons. The fourth-order valence-electron chi connectivity index (χ4n) is 1.17. The molecule has 2 N–H and O–H groups in total. The van der Waals surface area contributed by atoms with Gasteiger partial charge in [-0.3, -0.25) is 4.90 Å². The summed E-state index contributed by atoms with van der Waals surface area (Å²) in [5.41, 5.74) is 0. The van der Waals surface area contributed by atoms with E-state index >= 15 is 0 Å². The van der Waals surface area contributed by atoms with Gasteiger partial charge in [0.15, 0.2) is 0 Å². The van der Waals surface area contributed by atoms with Crippen LogP contribution in [0.15, 0.2) is 0 Å². The van der Waals surface area contributed by atoms with E-state index in [9.17, 15) is 0 Å². The van der Waals surface area contributed by atoms with Crippen LogP contribution in [0.2, 0.25) is 0 Å². The summed E-state index contributed by atoms with van der Waals surface area (Å²) < 4.78 is 0. The van der Waals surface area contributed by atoms with Crippen molar-refractivity contribution < 1.29 is 10.2 Å². The number of aliphatic hydroxyl groups is 2. The third-order valence-corrected chi connectivity index (χ3v) is 1.95. The topological polar surface area (TPSA) is 43.7 Å². The van der Waals surface area contributed by atoms with Crippen LogP contribution in [0.5, 0.6) is 0 Å². The van der Waals surface area contributed by atoms with Crippen LogP contribution in [0, 0.1) is 0 Å². The summed E-state index contributed by atoms with van der Waals surface area (Å²) in [6.45, 7) is 2.01. The Morgan fingerprint density at radius 1 is 1.30 bits per heavy atom. The lowest BCUT2D eigenvalue weighted by atomic mass is 10.3. The van der Waals surface area contributed by atoms with Crippen LogP contribution in [0.1, 0.15) is 0 Å². The Hall–Kier alpha value is 0.230. The molecule has 60 valence electrons. The lowest BCUT2D eigenvalue weighted by Gasteiger charge is -2.11. The zero-order chi connectivity index (χ0) is 7.56. The van der Waals surface area contributed by atoms with Crippen LogP contribution in [-0.2, 0) is 0 Å². The summed E-state index contributed by atoms with van der Waals surface area (Å²) in [6.07, 6.45) is -1.11. The van der Waals surface area contributed by atoms with Crippen LogP contribution in [-0.4, -0.2) is 52.7 Å². The van der Waals surface area contributed by atoms with Gasteiger partial charge in [-0.05, 0) is 0 Å². The number of β-amino-alcohol motifs (C(OH)–C–C–N with tert-alkyl or cyclic N) is 2. The average molecular weight is 163 g/mol. The van der Waals surface area contributed by atoms with Crippen molar-refractivity contribution in [2.75, 3.05) is 25.4 Å². The van der Waals surface area contributed by atoms with E-state index < -0.39 is 12.2 Å². The van der Waals surface area contributed by atoms with E-state index in [1.807, 2.05) is 4.90 Å². The van der Waals surface area contributed by atoms with E-state index in [2.05, 4.69) is 12.6 Å². The summed E-state index contributed by atoms with van der Waals surface area (Å²) in [5, 5.41) is 18.2. The predicted molar refractivity (Wildman–Crippen MR) is 42.3 cm³/mol. The molecule has 0 saturated carbocycles. The summed E-state index contributed by atoms with van der Waals surface area (Å²) >= 11 is 4.05. The Balaban J connectivity index is 2.27. The molecule has 1 aliphatic heterocycles. The van der Waals surface area contributed by atoms with Crippen LogP contribution in [0.4, 0.5) is 0 Å². The monoisotopic (exact) mass is 163 g/mol. The number of rotatable bonds is 2. The van der Waals surface area contributed by atoms with E-state index in [1.54, 1.807) is 0 Å². The zero-order valence-corrected chi connectivity index (χ0v) is 6.67. The van der Waals surface area contributed by atoms with E-state index in [0.717, 1.165) is 12.3 Å². The molecule has 0 aromatic rings. The van der Waals surface area contributed by atoms with Crippen molar-refractivity contribution in [3.8, 4) is 0 Å². The Labute approximate surface area is 66.1 Å². The molecule has 0 aliphatic carbocycles. The molecule has 0 aromatic carbocycles. The van der Waals surface area contributed by atoms with Gasteiger partial charge in [0, 0.05) is 25.4 Å². The normalized spacial score (nSPS) is 35.1. The smallest absolute Gasteiger partial charge is 0.0938 e. The number of aliphatic hydroxyl groups excluding tert-OH is 2. The minimum Gasteiger partial charge on any atom is -0.389 e. The van der Waals surface area contributed by atoms with Gasteiger partial charge in [0.2, 0.25) is 0 Å². The van der Waals surface area contributed by atoms with Crippen molar-refractivity contribution in [1.82, 2.24) is 4.90 Å². The molecule has 4 heteroatoms. The van der Waals surface area contributed by atoms with Crippen molar-refractivity contribution in [3.05, 3.63) is 0 Å². The molecule has 1 heterocycles. The molecule has 0 bridgehead atoms. The fraction of sp³-hybridized carbons (Fsp3) is 1.00. The minimum atomic E-state index is -0.556. The number of hydrogen-bond acceptors (Lipinski definition) is 4. The van der Waals surface area contributed by atoms with Gasteiger partial charge in [0.05, 0.1) is 12.2 Å². The third kappa shape index (κ3) is 1.85. The van der Waals surface area contributed by atoms with Crippen LogP contribution in [0.25, 0.3) is 0 Å². The maximum Gasteiger partial charge on any atom is 0.0938 e. The molecule has 1 saturated heterocycles. The van der Waals surface area contributed by atoms with Crippen molar-refractivity contribution in [1.29, 1.82) is 0 Å². The van der Waals surface area contributed by atoms with Crippen molar-refractivity contribution in [3.63, 3.8) is 0 Å². The van der Waals surface area contributed by atoms with Crippen LogP contribution in [0.3, 0.4) is 0 Å². The van der Waals surface area contributed by atoms with Gasteiger partial charge in [0.25, 0.3) is 0 Å². The summed E-state index contributed by atoms with van der Waals surface area (Å²) in [6, 6.07) is 0. The number of nitrogens with zero attached hydrogens (tertiary/aromatic N) is 1. The quantitative estimate of drug-likeness (QED) is 0.455. The van der Waals surface area contributed by atoms with E-state index in [4.69, 9.17) is 10.2 Å². The molecule has 0 spiro atoms. The second-order valence-corrected chi connectivity index (χ2v) is 3.07. The lowest BCUT2D eigenvalue weighted by molar-refractivity contribution is 0.0572. The fourth-order valence-corrected chi connectivity index (χ4v) is 1.45. The first kappa shape index (κ1) is 8.33. The van der Waals surface area contributed by atoms with Gasteiger partial charge < -0.3 is 10.2 Å². The highest BCUT2D eigenvalue weighted by Gasteiger charge is 2.28. The van der Waals surface area contributed by atoms with Crippen molar-refractivity contribution in [2.45, 2.75) is 12.2 Å². The molecule has 10 heavy (non-hydrogen) atoms. The molecule has 1 aliphatic rings. The predicted octanol–water partition coefficient (Wildman–Crippen LogP) is -1.05. The summed E-state index contributed by atoms with van der Waals surface area (Å²) in [5.74, 6) is 0.777. The SMILES string of the molecule is OC1CN(CCS)CC1O. The van der Waals surface area contributed by atoms with Gasteiger partial charge in [-0.1, -0.05) is 0 Å². The van der Waals surface area contributed by atoms with E-state index in [0.29, 0.717) is 13.1 Å². The molecule has 3 nitrogen and oxygen atoms in total. The average Bonchev–Trinajstić information content (AvgIpc) is 2.14. The standard InChI is InChI=1S/C6H13NO2S/c8-5-3-7(1-2-10)4-6(5)9/h5-6,8-10H,1-4H2. The molecule has 1 rings (SSSR count). The van der Waals surface area contributed by atoms with Gasteiger partial charge >= 0.3 is 0 Å². The largest absolute Gasteiger partial charge is 0.389 e. The maximum atomic E-state index is 9.08. The minimum absolute atomic E-state index is 0.556. The highest BCUT2D eigenvalue weighted by molar-refractivity contribution is 7.80. The van der Waals surface area contributed by atoms with Gasteiger partial charge in [-0.2, -0.15) is 12.6 Å². The number of likely N-dealkylation sites (tertiary alicyclic amines) is 1. The van der Waals surface area contributed by atoms with Gasteiger partial charge in [0.1, 0.15) is 0 Å². The Morgan fingerprint density at radius 2 is 1.80 bits per heavy atom. The van der Waals surface area contributed by atoms with E-state index in [1.165, 1.54) is 0 Å². The molecule has 2 atom stereocenters. The zero-order valence-electron chi connectivity index (χ0n) is 5.77. The molecule has 0 aromatic heterocycles. The van der Waals surface area contributed by atoms with Crippen molar-refractivity contribution in [2.24, 2.45) is 0 Å². The third-order valence-electron chi connectivity index (χ3n) is 1.75. The maximum absolute atomic E-state index is 9.08. The van der Waals surface area contributed by atoms with Crippen LogP contribution >= 0.6 is 12.6 Å². The Morgan fingerprint density at radius 3 is 2.20 bits per heavy atom. The van der Waals surface area contributed by atoms with Gasteiger partial charge in [-0.25, -0.2) is 0 Å². The lowest BCUT2D eigenvalue weighted by Crippen LogP contribution is -2.24. The molecular formula is C6H13NO2S. The van der Waals surface area contributed by atoms with Gasteiger partial charge in [-0.15, -0.1) is 0 Å². The van der Waals surface area contributed by atoms with Crippen LogP contribution < -0.4 is 0 Å². The number of thiol groups is 1. The number of hydrogen-bond donors (Lipinski definition) is 3. The Bertz CT molecular complexity index is 102. The summed E-state index contributed by atoms with van der Waals surface area (Å²) in [7, 11) is 0. The van der Waals surface area contributed by atoms with Crippen molar-refractivity contribution >= 4 is 12.6 Å². The highest BCUT2D eigenvalue weighted by atomic mass is 32.1. The highest BCUT2D eigenvalue weighted by Crippen LogP contribution is 2.08. The second-order valence-electron chi connectivity index (χ2n) is 2.62. The first-order valence-electron chi connectivity index (χ1n) is 3.43. The first-order chi connectivity index (χ1) is 4.74. The second kappa shape index (κ2) is 3.57. The Kier molecular flexibility index (Phi) is 2.97. The first-order valence-corrected chi connectivity index (χ1v) is 4.06. The molecule has 1 fully saturated rings. The molecule has 2 unspecified atom stereocenters. The summed E-state index contributed by atoms with van der Waals surface area (Å²) in [4.78, 5) is 2.00.